The summed E-state index contributed by atoms with van der Waals surface area (Å²) in [6.07, 6.45) is 2.08. The van der Waals surface area contributed by atoms with Gasteiger partial charge in [0, 0.05) is 49.0 Å². The van der Waals surface area contributed by atoms with Crippen LogP contribution in [-0.4, -0.2) is 81.9 Å². The Morgan fingerprint density at radius 2 is 1.78 bits per heavy atom. The van der Waals surface area contributed by atoms with Gasteiger partial charge in [-0.25, -0.2) is 18.7 Å². The summed E-state index contributed by atoms with van der Waals surface area (Å²) < 4.78 is 39.7. The number of carbonyl (C=O) groups is 1. The molecule has 2 fully saturated rings. The summed E-state index contributed by atoms with van der Waals surface area (Å²) in [6, 6.07) is 15.7. The van der Waals surface area contributed by atoms with Crippen LogP contribution in [0.3, 0.4) is 0 Å². The van der Waals surface area contributed by atoms with Crippen molar-refractivity contribution in [3.8, 4) is 0 Å². The molecule has 0 bridgehead atoms. The molecule has 1 N–H and O–H groups in total. The number of hydrogen-bond donors (Lipinski definition) is 1. The lowest BCUT2D eigenvalue weighted by Gasteiger charge is -2.32. The summed E-state index contributed by atoms with van der Waals surface area (Å²) in [7, 11) is -3.96. The molecular weight excluding hydrogens is 514 g/mol. The van der Waals surface area contributed by atoms with Crippen molar-refractivity contribution in [2.45, 2.75) is 53.2 Å². The number of hydroxylamine groups is 1. The van der Waals surface area contributed by atoms with Gasteiger partial charge in [-0.1, -0.05) is 30.0 Å². The second-order valence-electron chi connectivity index (χ2n) is 9.01. The van der Waals surface area contributed by atoms with Crippen LogP contribution in [-0.2, 0) is 29.1 Å². The van der Waals surface area contributed by atoms with E-state index in [1.807, 2.05) is 30.3 Å². The van der Waals surface area contributed by atoms with Gasteiger partial charge in [0.25, 0.3) is 5.91 Å². The van der Waals surface area contributed by atoms with Gasteiger partial charge in [-0.05, 0) is 56.2 Å². The normalized spacial score (nSPS) is 20.0. The predicted octanol–water partition coefficient (Wildman–Crippen LogP) is 3.12. The number of hydrogen-bond acceptors (Lipinski definition) is 8. The molecule has 11 heteroatoms. The van der Waals surface area contributed by atoms with E-state index < -0.39 is 28.3 Å². The second-order valence-corrected chi connectivity index (χ2v) is 12.1. The minimum absolute atomic E-state index is 0.142. The summed E-state index contributed by atoms with van der Waals surface area (Å²) in [6.45, 7) is 5.48. The Labute approximate surface area is 223 Å². The average molecular weight is 550 g/mol. The third-order valence-corrected chi connectivity index (χ3v) is 9.39. The van der Waals surface area contributed by atoms with E-state index in [9.17, 15) is 13.2 Å². The number of ether oxygens (including phenoxy) is 2. The van der Waals surface area contributed by atoms with Crippen molar-refractivity contribution in [3.05, 3.63) is 54.6 Å². The van der Waals surface area contributed by atoms with Gasteiger partial charge in [0.15, 0.2) is 6.29 Å². The minimum atomic E-state index is -3.96. The van der Waals surface area contributed by atoms with Crippen molar-refractivity contribution < 1.29 is 27.5 Å². The van der Waals surface area contributed by atoms with Crippen molar-refractivity contribution in [3.63, 3.8) is 0 Å². The van der Waals surface area contributed by atoms with Gasteiger partial charge in [0.2, 0.25) is 10.0 Å². The number of sulfonamides is 1. The van der Waals surface area contributed by atoms with Gasteiger partial charge >= 0.3 is 0 Å². The van der Waals surface area contributed by atoms with Crippen molar-refractivity contribution >= 4 is 27.7 Å². The SMILES string of the molecule is C[C@H](C(=O)NOC1CCCCO1)N(CCN1CCOCC1)S(=O)(=O)c1ccc(Sc2ccccc2)cc1. The van der Waals surface area contributed by atoms with Crippen LogP contribution in [0.4, 0.5) is 0 Å². The summed E-state index contributed by atoms with van der Waals surface area (Å²) in [5.41, 5.74) is 2.42. The number of rotatable bonds is 11. The van der Waals surface area contributed by atoms with Crippen molar-refractivity contribution in [2.24, 2.45) is 0 Å². The van der Waals surface area contributed by atoms with E-state index in [1.54, 1.807) is 43.0 Å². The molecule has 2 aliphatic rings. The monoisotopic (exact) mass is 549 g/mol. The summed E-state index contributed by atoms with van der Waals surface area (Å²) >= 11 is 1.56. The lowest BCUT2D eigenvalue weighted by atomic mass is 10.2. The third kappa shape index (κ3) is 8.00. The first-order valence-corrected chi connectivity index (χ1v) is 14.9. The van der Waals surface area contributed by atoms with Crippen molar-refractivity contribution in [1.82, 2.24) is 14.7 Å². The molecule has 4 rings (SSSR count). The number of nitrogens with zero attached hydrogens (tertiary/aromatic N) is 2. The molecule has 2 aromatic carbocycles. The fourth-order valence-electron chi connectivity index (χ4n) is 4.17. The molecule has 37 heavy (non-hydrogen) atoms. The molecular formula is C26H35N3O6S2. The first-order valence-electron chi connectivity index (χ1n) is 12.7. The molecule has 2 atom stereocenters. The van der Waals surface area contributed by atoms with Gasteiger partial charge in [0.05, 0.1) is 18.1 Å². The predicted molar refractivity (Wildman–Crippen MR) is 140 cm³/mol. The van der Waals surface area contributed by atoms with Crippen molar-refractivity contribution in [1.29, 1.82) is 0 Å². The van der Waals surface area contributed by atoms with E-state index in [0.29, 0.717) is 32.8 Å². The molecule has 0 spiro atoms. The van der Waals surface area contributed by atoms with E-state index in [4.69, 9.17) is 14.3 Å². The van der Waals surface area contributed by atoms with Crippen LogP contribution < -0.4 is 5.48 Å². The molecule has 2 aliphatic heterocycles. The highest BCUT2D eigenvalue weighted by Crippen LogP contribution is 2.29. The van der Waals surface area contributed by atoms with Crippen molar-refractivity contribution in [2.75, 3.05) is 46.0 Å². The maximum absolute atomic E-state index is 13.8. The Kier molecular flexibility index (Phi) is 10.4. The standard InChI is InChI=1S/C26H35N3O6S2/c1-21(26(30)27-35-25-9-5-6-18-34-25)29(15-14-28-16-19-33-20-17-28)37(31,32)24-12-10-23(11-13-24)36-22-7-3-2-4-8-22/h2-4,7-8,10-13,21,25H,5-6,9,14-20H2,1H3,(H,27,30)/t21-,25?/m1/s1. The smallest absolute Gasteiger partial charge is 0.261 e. The van der Waals surface area contributed by atoms with E-state index in [0.717, 1.165) is 35.7 Å². The maximum atomic E-state index is 13.8. The molecule has 0 aliphatic carbocycles. The number of amides is 1. The largest absolute Gasteiger partial charge is 0.379 e. The van der Waals surface area contributed by atoms with Crippen LogP contribution in [0.2, 0.25) is 0 Å². The first kappa shape index (κ1) is 28.0. The van der Waals surface area contributed by atoms with E-state index in [1.165, 1.54) is 4.31 Å². The zero-order chi connectivity index (χ0) is 26.1. The summed E-state index contributed by atoms with van der Waals surface area (Å²) in [5.74, 6) is -0.532. The molecule has 1 amide bonds. The maximum Gasteiger partial charge on any atom is 0.261 e. The van der Waals surface area contributed by atoms with Crippen LogP contribution in [0.15, 0.2) is 69.3 Å². The van der Waals surface area contributed by atoms with Gasteiger partial charge in [-0.3, -0.25) is 9.69 Å². The highest BCUT2D eigenvalue weighted by atomic mass is 32.2. The molecule has 0 aromatic heterocycles. The molecule has 1 unspecified atom stereocenters. The Bertz CT molecular complexity index is 1090. The van der Waals surface area contributed by atoms with Gasteiger partial charge in [-0.2, -0.15) is 4.31 Å². The zero-order valence-electron chi connectivity index (χ0n) is 21.1. The fourth-order valence-corrected chi connectivity index (χ4v) is 6.59. The highest BCUT2D eigenvalue weighted by Gasteiger charge is 2.34. The molecule has 9 nitrogen and oxygen atoms in total. The molecule has 2 heterocycles. The first-order chi connectivity index (χ1) is 17.9. The van der Waals surface area contributed by atoms with E-state index >= 15 is 0 Å². The van der Waals surface area contributed by atoms with Gasteiger partial charge < -0.3 is 9.47 Å². The number of carbonyl (C=O) groups excluding carboxylic acids is 1. The topological polar surface area (TPSA) is 97.4 Å². The third-order valence-electron chi connectivity index (χ3n) is 6.39. The Balaban J connectivity index is 1.47. The Hall–Kier alpha value is -1.99. The molecule has 202 valence electrons. The van der Waals surface area contributed by atoms with Crippen LogP contribution in [0.25, 0.3) is 0 Å². The Morgan fingerprint density at radius 1 is 1.08 bits per heavy atom. The summed E-state index contributed by atoms with van der Waals surface area (Å²) in [4.78, 5) is 22.7. The number of morpholine rings is 1. The molecule has 2 saturated heterocycles. The zero-order valence-corrected chi connectivity index (χ0v) is 22.7. The molecule has 2 aromatic rings. The van der Waals surface area contributed by atoms with Crippen LogP contribution in [0.5, 0.6) is 0 Å². The lowest BCUT2D eigenvalue weighted by molar-refractivity contribution is -0.201. The van der Waals surface area contributed by atoms with E-state index in [2.05, 4.69) is 10.4 Å². The van der Waals surface area contributed by atoms with E-state index in [-0.39, 0.29) is 11.4 Å². The minimum Gasteiger partial charge on any atom is -0.379 e. The molecule has 0 radical (unpaired) electrons. The number of benzene rings is 2. The van der Waals surface area contributed by atoms with Crippen LogP contribution >= 0.6 is 11.8 Å². The highest BCUT2D eigenvalue weighted by molar-refractivity contribution is 7.99. The van der Waals surface area contributed by atoms with Crippen LogP contribution in [0, 0.1) is 0 Å². The molecule has 0 saturated carbocycles. The quantitative estimate of drug-likeness (QED) is 0.427. The second kappa shape index (κ2) is 13.7. The lowest BCUT2D eigenvalue weighted by Crippen LogP contribution is -2.51. The fraction of sp³-hybridized carbons (Fsp3) is 0.500. The Morgan fingerprint density at radius 3 is 2.46 bits per heavy atom. The van der Waals surface area contributed by atoms with Crippen LogP contribution in [0.1, 0.15) is 26.2 Å². The summed E-state index contributed by atoms with van der Waals surface area (Å²) in [5, 5.41) is 0. The van der Waals surface area contributed by atoms with Gasteiger partial charge in [0.1, 0.15) is 6.04 Å². The number of nitrogens with one attached hydrogen (secondary N) is 1. The average Bonchev–Trinajstić information content (AvgIpc) is 2.93. The van der Waals surface area contributed by atoms with Gasteiger partial charge in [-0.15, -0.1) is 0 Å².